The number of halogens is 4. The number of piperazine rings is 1. The minimum Gasteiger partial charge on any atom is -0.336 e. The number of carbonyl (C=O) groups is 1. The summed E-state index contributed by atoms with van der Waals surface area (Å²) in [5.41, 5.74) is 4.95. The molecule has 2 N–H and O–H groups in total. The fourth-order valence-corrected chi connectivity index (χ4v) is 2.70. The topological polar surface area (TPSA) is 49.6 Å². The van der Waals surface area contributed by atoms with Crippen LogP contribution < -0.4 is 5.73 Å². The van der Waals surface area contributed by atoms with E-state index in [4.69, 9.17) is 5.73 Å². The number of hydrogen-bond acceptors (Lipinski definition) is 3. The number of carbonyl (C=O) groups excluding carboxylic acids is 1. The zero-order chi connectivity index (χ0) is 17.3. The van der Waals surface area contributed by atoms with Gasteiger partial charge < -0.3 is 10.6 Å². The van der Waals surface area contributed by atoms with Gasteiger partial charge in [-0.3, -0.25) is 9.69 Å². The molecule has 0 aliphatic carbocycles. The molecule has 0 spiro atoms. The molecule has 1 heterocycles. The first-order valence-electron chi connectivity index (χ1n) is 7.54. The Morgan fingerprint density at radius 3 is 2.25 bits per heavy atom. The quantitative estimate of drug-likeness (QED) is 0.895. The molecule has 2 rings (SSSR count). The number of hydrogen-bond donors (Lipinski definition) is 1. The smallest absolute Gasteiger partial charge is 0.336 e. The fraction of sp³-hybridized carbons (Fsp3) is 0.562. The first-order valence-corrected chi connectivity index (χ1v) is 7.54. The minimum absolute atomic E-state index is 0. The predicted molar refractivity (Wildman–Crippen MR) is 89.3 cm³/mol. The van der Waals surface area contributed by atoms with Gasteiger partial charge in [0.1, 0.15) is 0 Å². The molecule has 136 valence electrons. The molecule has 1 aliphatic rings. The van der Waals surface area contributed by atoms with Crippen molar-refractivity contribution in [1.29, 1.82) is 0 Å². The molecular formula is C16H23ClF3N3O. The van der Waals surface area contributed by atoms with Gasteiger partial charge in [-0.2, -0.15) is 13.2 Å². The van der Waals surface area contributed by atoms with E-state index in [9.17, 15) is 18.0 Å². The highest BCUT2D eigenvalue weighted by molar-refractivity contribution is 5.94. The highest BCUT2D eigenvalue weighted by Crippen LogP contribution is 2.29. The summed E-state index contributed by atoms with van der Waals surface area (Å²) in [5, 5.41) is 0. The van der Waals surface area contributed by atoms with Gasteiger partial charge in [0, 0.05) is 43.8 Å². The van der Waals surface area contributed by atoms with Crippen LogP contribution in [0.4, 0.5) is 13.2 Å². The molecule has 0 radical (unpaired) electrons. The maximum Gasteiger partial charge on any atom is 0.416 e. The monoisotopic (exact) mass is 365 g/mol. The Labute approximate surface area is 146 Å². The molecule has 0 saturated carbocycles. The van der Waals surface area contributed by atoms with Crippen molar-refractivity contribution in [2.75, 3.05) is 32.7 Å². The molecule has 1 aromatic rings. The van der Waals surface area contributed by atoms with Gasteiger partial charge in [0.05, 0.1) is 5.56 Å². The summed E-state index contributed by atoms with van der Waals surface area (Å²) in [6, 6.07) is 4.58. The van der Waals surface area contributed by atoms with Gasteiger partial charge in [-0.05, 0) is 32.0 Å². The van der Waals surface area contributed by atoms with Crippen LogP contribution in [0.5, 0.6) is 0 Å². The van der Waals surface area contributed by atoms with Crippen molar-refractivity contribution in [2.24, 2.45) is 5.73 Å². The summed E-state index contributed by atoms with van der Waals surface area (Å²) in [4.78, 5) is 16.1. The van der Waals surface area contributed by atoms with Gasteiger partial charge in [0.15, 0.2) is 0 Å². The van der Waals surface area contributed by atoms with Crippen molar-refractivity contribution in [1.82, 2.24) is 9.80 Å². The largest absolute Gasteiger partial charge is 0.416 e. The van der Waals surface area contributed by atoms with Crippen LogP contribution in [0.3, 0.4) is 0 Å². The second-order valence-corrected chi connectivity index (χ2v) is 6.64. The summed E-state index contributed by atoms with van der Waals surface area (Å²) in [7, 11) is 0. The maximum atomic E-state index is 12.7. The van der Waals surface area contributed by atoms with Crippen molar-refractivity contribution in [3.63, 3.8) is 0 Å². The van der Waals surface area contributed by atoms with Crippen LogP contribution in [0.2, 0.25) is 0 Å². The summed E-state index contributed by atoms with van der Waals surface area (Å²) >= 11 is 0. The first-order chi connectivity index (χ1) is 10.6. The normalized spacial score (nSPS) is 16.7. The summed E-state index contributed by atoms with van der Waals surface area (Å²) < 4.78 is 38.2. The average molecular weight is 366 g/mol. The van der Waals surface area contributed by atoms with Gasteiger partial charge in [-0.1, -0.05) is 6.07 Å². The Kier molecular flexibility index (Phi) is 6.67. The number of amides is 1. The molecule has 24 heavy (non-hydrogen) atoms. The van der Waals surface area contributed by atoms with Gasteiger partial charge >= 0.3 is 6.18 Å². The van der Waals surface area contributed by atoms with Crippen LogP contribution in [-0.4, -0.2) is 54.0 Å². The maximum absolute atomic E-state index is 12.7. The fourth-order valence-electron chi connectivity index (χ4n) is 2.70. The molecular weight excluding hydrogens is 343 g/mol. The molecule has 0 aromatic heterocycles. The molecule has 1 fully saturated rings. The lowest BCUT2D eigenvalue weighted by Crippen LogP contribution is -2.54. The predicted octanol–water partition coefficient (Wildman–Crippen LogP) is 2.62. The molecule has 0 bridgehead atoms. The third-order valence-corrected chi connectivity index (χ3v) is 3.73. The van der Waals surface area contributed by atoms with Crippen LogP contribution >= 0.6 is 12.4 Å². The van der Waals surface area contributed by atoms with E-state index in [-0.39, 0.29) is 29.4 Å². The molecule has 1 aromatic carbocycles. The van der Waals surface area contributed by atoms with E-state index in [0.29, 0.717) is 26.2 Å². The number of rotatable bonds is 3. The number of alkyl halides is 3. The van der Waals surface area contributed by atoms with E-state index < -0.39 is 11.7 Å². The van der Waals surface area contributed by atoms with Crippen molar-refractivity contribution < 1.29 is 18.0 Å². The van der Waals surface area contributed by atoms with Crippen LogP contribution in [0.1, 0.15) is 29.8 Å². The minimum atomic E-state index is -4.44. The Morgan fingerprint density at radius 2 is 1.75 bits per heavy atom. The molecule has 1 amide bonds. The lowest BCUT2D eigenvalue weighted by Gasteiger charge is -2.37. The van der Waals surface area contributed by atoms with Crippen LogP contribution in [0, 0.1) is 0 Å². The summed E-state index contributed by atoms with van der Waals surface area (Å²) in [6.07, 6.45) is -4.44. The van der Waals surface area contributed by atoms with Gasteiger partial charge in [0.25, 0.3) is 5.91 Å². The van der Waals surface area contributed by atoms with Gasteiger partial charge in [-0.25, -0.2) is 0 Å². The van der Waals surface area contributed by atoms with E-state index in [0.717, 1.165) is 18.7 Å². The zero-order valence-corrected chi connectivity index (χ0v) is 14.6. The second-order valence-electron chi connectivity index (χ2n) is 6.64. The third-order valence-electron chi connectivity index (χ3n) is 3.73. The van der Waals surface area contributed by atoms with Crippen LogP contribution in [0.25, 0.3) is 0 Å². The van der Waals surface area contributed by atoms with Crippen molar-refractivity contribution >= 4 is 18.3 Å². The molecule has 0 unspecified atom stereocenters. The van der Waals surface area contributed by atoms with Crippen molar-refractivity contribution in [3.8, 4) is 0 Å². The first kappa shape index (κ1) is 20.7. The lowest BCUT2D eigenvalue weighted by molar-refractivity contribution is -0.137. The average Bonchev–Trinajstić information content (AvgIpc) is 2.45. The Hall–Kier alpha value is -1.31. The SMILES string of the molecule is CC(C)(N)CN1CCN(C(=O)c2cccc(C(F)(F)F)c2)CC1.Cl. The number of nitrogens with zero attached hydrogens (tertiary/aromatic N) is 2. The third kappa shape index (κ3) is 5.65. The number of nitrogens with two attached hydrogens (primary N) is 1. The Balaban J connectivity index is 0.00000288. The molecule has 4 nitrogen and oxygen atoms in total. The van der Waals surface area contributed by atoms with E-state index in [1.807, 2.05) is 13.8 Å². The highest BCUT2D eigenvalue weighted by atomic mass is 35.5. The van der Waals surface area contributed by atoms with E-state index >= 15 is 0 Å². The molecule has 1 saturated heterocycles. The second kappa shape index (κ2) is 7.72. The van der Waals surface area contributed by atoms with E-state index in [2.05, 4.69) is 4.90 Å². The van der Waals surface area contributed by atoms with E-state index in [1.165, 1.54) is 12.1 Å². The zero-order valence-electron chi connectivity index (χ0n) is 13.8. The van der Waals surface area contributed by atoms with Gasteiger partial charge in [0.2, 0.25) is 0 Å². The molecule has 8 heteroatoms. The Morgan fingerprint density at radius 1 is 1.17 bits per heavy atom. The van der Waals surface area contributed by atoms with Gasteiger partial charge in [-0.15, -0.1) is 12.4 Å². The lowest BCUT2D eigenvalue weighted by atomic mass is 10.1. The standard InChI is InChI=1S/C16H22F3N3O.ClH/c1-15(2,20)11-21-6-8-22(9-7-21)14(23)12-4-3-5-13(10-12)16(17,18)19;/h3-5,10H,6-9,11,20H2,1-2H3;1H. The Bertz CT molecular complexity index is 564. The van der Waals surface area contributed by atoms with Crippen molar-refractivity contribution in [3.05, 3.63) is 35.4 Å². The summed E-state index contributed by atoms with van der Waals surface area (Å²) in [5.74, 6) is -0.359. The van der Waals surface area contributed by atoms with Crippen molar-refractivity contribution in [2.45, 2.75) is 25.6 Å². The van der Waals surface area contributed by atoms with Crippen LogP contribution in [0.15, 0.2) is 24.3 Å². The van der Waals surface area contributed by atoms with E-state index in [1.54, 1.807) is 4.90 Å². The summed E-state index contributed by atoms with van der Waals surface area (Å²) in [6.45, 7) is 6.92. The number of benzene rings is 1. The highest BCUT2D eigenvalue weighted by Gasteiger charge is 2.32. The van der Waals surface area contributed by atoms with Crippen LogP contribution in [-0.2, 0) is 6.18 Å². The molecule has 1 aliphatic heterocycles. The molecule has 0 atom stereocenters.